The lowest BCUT2D eigenvalue weighted by molar-refractivity contribution is 0.473. The second kappa shape index (κ2) is 7.69. The lowest BCUT2D eigenvalue weighted by atomic mass is 10.1. The normalized spacial score (nSPS) is 11.2. The van der Waals surface area contributed by atoms with Crippen molar-refractivity contribution in [3.05, 3.63) is 69.5 Å². The molecule has 0 aliphatic carbocycles. The molecule has 0 aliphatic rings. The average molecular weight is 414 g/mol. The summed E-state index contributed by atoms with van der Waals surface area (Å²) in [6, 6.07) is 13.7. The fourth-order valence-electron chi connectivity index (χ4n) is 3.00. The van der Waals surface area contributed by atoms with E-state index >= 15 is 0 Å². The van der Waals surface area contributed by atoms with Crippen LogP contribution in [0.1, 0.15) is 12.5 Å². The molecule has 2 aromatic heterocycles. The number of nitrogens with zero attached hydrogens (tertiary/aromatic N) is 3. The van der Waals surface area contributed by atoms with E-state index in [1.165, 1.54) is 23.9 Å². The number of rotatable bonds is 5. The summed E-state index contributed by atoms with van der Waals surface area (Å²) in [5, 5.41) is 20.4. The topological polar surface area (TPSA) is 81.2 Å². The van der Waals surface area contributed by atoms with Gasteiger partial charge in [0.2, 0.25) is 0 Å². The Morgan fingerprint density at radius 2 is 2.04 bits per heavy atom. The third-order valence-electron chi connectivity index (χ3n) is 4.29. The maximum atomic E-state index is 11.9. The molecule has 0 radical (unpaired) electrons. The Hall–Kier alpha value is -2.77. The molecule has 0 aliphatic heterocycles. The third kappa shape index (κ3) is 3.63. The number of hydrogen-bond donors (Lipinski definition) is 1. The van der Waals surface area contributed by atoms with Gasteiger partial charge in [-0.3, -0.25) is 0 Å². The second-order valence-corrected chi connectivity index (χ2v) is 7.50. The summed E-state index contributed by atoms with van der Waals surface area (Å²) in [5.41, 5.74) is 1.62. The van der Waals surface area contributed by atoms with E-state index in [-0.39, 0.29) is 5.75 Å². The van der Waals surface area contributed by atoms with Crippen molar-refractivity contribution in [2.75, 3.05) is 0 Å². The van der Waals surface area contributed by atoms with Gasteiger partial charge in [-0.25, -0.2) is 4.79 Å². The van der Waals surface area contributed by atoms with Gasteiger partial charge in [0, 0.05) is 40.4 Å². The largest absolute Gasteiger partial charge is 0.508 e. The molecule has 0 atom stereocenters. The van der Waals surface area contributed by atoms with Gasteiger partial charge in [0.05, 0.1) is 0 Å². The van der Waals surface area contributed by atoms with Crippen molar-refractivity contribution >= 4 is 34.3 Å². The smallest absolute Gasteiger partial charge is 0.336 e. The average Bonchev–Trinajstić information content (AvgIpc) is 3.08. The van der Waals surface area contributed by atoms with Crippen LogP contribution in [0.15, 0.2) is 62.9 Å². The number of halogens is 1. The molecule has 1 N–H and O–H groups in total. The lowest BCUT2D eigenvalue weighted by Crippen LogP contribution is -2.02. The molecule has 4 rings (SSSR count). The van der Waals surface area contributed by atoms with E-state index in [1.807, 2.05) is 35.8 Å². The number of aromatic nitrogens is 3. The van der Waals surface area contributed by atoms with Gasteiger partial charge in [0.1, 0.15) is 11.3 Å². The zero-order valence-electron chi connectivity index (χ0n) is 14.9. The van der Waals surface area contributed by atoms with Crippen LogP contribution in [0.5, 0.6) is 5.75 Å². The standard InChI is InChI=1S/C20H16ClN3O3S/c1-2-24-19(12-4-3-5-14(21)8-12)22-23-20(24)28-11-13-9-18(26)27-17-10-15(25)6-7-16(13)17/h3-10,25H,2,11H2,1H3. The highest BCUT2D eigenvalue weighted by Gasteiger charge is 2.15. The molecule has 6 nitrogen and oxygen atoms in total. The van der Waals surface area contributed by atoms with Crippen LogP contribution in [0.4, 0.5) is 0 Å². The molecule has 2 heterocycles. The monoisotopic (exact) mass is 413 g/mol. The van der Waals surface area contributed by atoms with Crippen LogP contribution < -0.4 is 5.63 Å². The van der Waals surface area contributed by atoms with Gasteiger partial charge in [0.25, 0.3) is 0 Å². The van der Waals surface area contributed by atoms with Crippen molar-refractivity contribution in [2.24, 2.45) is 0 Å². The van der Waals surface area contributed by atoms with E-state index in [1.54, 1.807) is 12.1 Å². The molecule has 0 amide bonds. The Balaban J connectivity index is 1.66. The quantitative estimate of drug-likeness (QED) is 0.376. The van der Waals surface area contributed by atoms with E-state index in [0.29, 0.717) is 22.9 Å². The number of aromatic hydroxyl groups is 1. The SMILES string of the molecule is CCn1c(SCc2cc(=O)oc3cc(O)ccc23)nnc1-c1cccc(Cl)c1. The molecule has 0 spiro atoms. The number of phenols is 1. The van der Waals surface area contributed by atoms with Crippen molar-refractivity contribution < 1.29 is 9.52 Å². The predicted octanol–water partition coefficient (Wildman–Crippen LogP) is 4.72. The van der Waals surface area contributed by atoms with Gasteiger partial charge in [-0.15, -0.1) is 10.2 Å². The number of fused-ring (bicyclic) bond motifs is 1. The van der Waals surface area contributed by atoms with Crippen LogP contribution in [-0.2, 0) is 12.3 Å². The molecular weight excluding hydrogens is 398 g/mol. The van der Waals surface area contributed by atoms with Crippen LogP contribution in [0.3, 0.4) is 0 Å². The Bertz CT molecular complexity index is 1220. The first-order valence-corrected chi connectivity index (χ1v) is 9.99. The fourth-order valence-corrected chi connectivity index (χ4v) is 4.19. The molecule has 142 valence electrons. The number of thioether (sulfide) groups is 1. The highest BCUT2D eigenvalue weighted by molar-refractivity contribution is 7.98. The molecule has 8 heteroatoms. The summed E-state index contributed by atoms with van der Waals surface area (Å²) in [5.74, 6) is 1.31. The molecule has 0 fully saturated rings. The van der Waals surface area contributed by atoms with Crippen molar-refractivity contribution in [3.63, 3.8) is 0 Å². The predicted molar refractivity (Wildman–Crippen MR) is 110 cm³/mol. The maximum Gasteiger partial charge on any atom is 0.336 e. The number of benzene rings is 2. The highest BCUT2D eigenvalue weighted by atomic mass is 35.5. The minimum atomic E-state index is -0.453. The van der Waals surface area contributed by atoms with Crippen molar-refractivity contribution in [3.8, 4) is 17.1 Å². The molecule has 2 aromatic carbocycles. The van der Waals surface area contributed by atoms with Gasteiger partial charge in [0.15, 0.2) is 11.0 Å². The van der Waals surface area contributed by atoms with Gasteiger partial charge in [-0.2, -0.15) is 0 Å². The first-order valence-electron chi connectivity index (χ1n) is 8.63. The Morgan fingerprint density at radius 1 is 1.18 bits per heavy atom. The third-order valence-corrected chi connectivity index (χ3v) is 5.54. The van der Waals surface area contributed by atoms with E-state index < -0.39 is 5.63 Å². The summed E-state index contributed by atoms with van der Waals surface area (Å²) in [6.07, 6.45) is 0. The zero-order chi connectivity index (χ0) is 19.7. The second-order valence-electron chi connectivity index (χ2n) is 6.12. The summed E-state index contributed by atoms with van der Waals surface area (Å²) < 4.78 is 7.19. The summed E-state index contributed by atoms with van der Waals surface area (Å²) in [6.45, 7) is 2.72. The molecular formula is C20H16ClN3O3S. The molecule has 0 saturated carbocycles. The molecule has 0 unspecified atom stereocenters. The maximum absolute atomic E-state index is 11.9. The molecule has 28 heavy (non-hydrogen) atoms. The Kier molecular flexibility index (Phi) is 5.11. The van der Waals surface area contributed by atoms with E-state index in [2.05, 4.69) is 10.2 Å². The minimum absolute atomic E-state index is 0.0531. The van der Waals surface area contributed by atoms with Crippen molar-refractivity contribution in [2.45, 2.75) is 24.4 Å². The summed E-state index contributed by atoms with van der Waals surface area (Å²) in [7, 11) is 0. The first kappa shape index (κ1) is 18.6. The fraction of sp³-hybridized carbons (Fsp3) is 0.150. The van der Waals surface area contributed by atoms with E-state index in [0.717, 1.165) is 27.5 Å². The minimum Gasteiger partial charge on any atom is -0.508 e. The van der Waals surface area contributed by atoms with Crippen LogP contribution >= 0.6 is 23.4 Å². The zero-order valence-corrected chi connectivity index (χ0v) is 16.5. The van der Waals surface area contributed by atoms with Gasteiger partial charge in [-0.1, -0.05) is 35.5 Å². The van der Waals surface area contributed by atoms with Crippen LogP contribution in [-0.4, -0.2) is 19.9 Å². The van der Waals surface area contributed by atoms with Crippen LogP contribution in [0.25, 0.3) is 22.4 Å². The number of hydrogen-bond acceptors (Lipinski definition) is 6. The van der Waals surface area contributed by atoms with Crippen LogP contribution in [0, 0.1) is 0 Å². The van der Waals surface area contributed by atoms with Gasteiger partial charge >= 0.3 is 5.63 Å². The Labute approximate surface area is 169 Å². The van der Waals surface area contributed by atoms with E-state index in [9.17, 15) is 9.90 Å². The molecule has 0 saturated heterocycles. The highest BCUT2D eigenvalue weighted by Crippen LogP contribution is 2.30. The Morgan fingerprint density at radius 3 is 2.82 bits per heavy atom. The number of phenolic OH excluding ortho intramolecular Hbond substituents is 1. The van der Waals surface area contributed by atoms with Crippen molar-refractivity contribution in [1.29, 1.82) is 0 Å². The lowest BCUT2D eigenvalue weighted by Gasteiger charge is -2.08. The van der Waals surface area contributed by atoms with Crippen LogP contribution in [0.2, 0.25) is 5.02 Å². The van der Waals surface area contributed by atoms with Gasteiger partial charge in [-0.05, 0) is 36.8 Å². The summed E-state index contributed by atoms with van der Waals surface area (Å²) >= 11 is 7.59. The van der Waals surface area contributed by atoms with E-state index in [4.69, 9.17) is 16.0 Å². The van der Waals surface area contributed by atoms with Gasteiger partial charge < -0.3 is 14.1 Å². The molecule has 4 aromatic rings. The molecule has 0 bridgehead atoms. The first-order chi connectivity index (χ1) is 13.5. The van der Waals surface area contributed by atoms with Crippen molar-refractivity contribution in [1.82, 2.24) is 14.8 Å². The summed E-state index contributed by atoms with van der Waals surface area (Å²) in [4.78, 5) is 11.9.